The first-order valence-corrected chi connectivity index (χ1v) is 9.67. The minimum atomic E-state index is -0.342. The maximum atomic E-state index is 13.9. The Bertz CT molecular complexity index is 1220. The molecule has 7 nitrogen and oxygen atoms in total. The van der Waals surface area contributed by atoms with Gasteiger partial charge in [-0.15, -0.1) is 5.10 Å². The lowest BCUT2D eigenvalue weighted by Gasteiger charge is -2.04. The molecule has 0 saturated carbocycles. The molecule has 2 aromatic carbocycles. The zero-order valence-electron chi connectivity index (χ0n) is 15.3. The zero-order valence-corrected chi connectivity index (χ0v) is 16.9. The van der Waals surface area contributed by atoms with E-state index in [9.17, 15) is 9.18 Å². The summed E-state index contributed by atoms with van der Waals surface area (Å²) in [6.07, 6.45) is 0. The summed E-state index contributed by atoms with van der Waals surface area (Å²) < 4.78 is 19.7. The fraction of sp³-hybridized carbons (Fsp3) is 0.105. The Balaban J connectivity index is 1.58. The van der Waals surface area contributed by atoms with Crippen LogP contribution in [0.25, 0.3) is 17.2 Å². The number of carbonyl (C=O) groups excluding carboxylic acids is 1. The molecule has 0 aliphatic heterocycles. The van der Waals surface area contributed by atoms with Crippen molar-refractivity contribution in [3.63, 3.8) is 0 Å². The van der Waals surface area contributed by atoms with Gasteiger partial charge in [0, 0.05) is 22.1 Å². The predicted molar refractivity (Wildman–Crippen MR) is 109 cm³/mol. The van der Waals surface area contributed by atoms with Crippen LogP contribution in [0.1, 0.15) is 21.6 Å². The van der Waals surface area contributed by atoms with Crippen LogP contribution in [0, 0.1) is 19.7 Å². The molecule has 1 amide bonds. The lowest BCUT2D eigenvalue weighted by Crippen LogP contribution is -2.11. The van der Waals surface area contributed by atoms with Crippen molar-refractivity contribution in [1.82, 2.24) is 24.4 Å². The standard InChI is InChI=1S/C19H14ClFN6OS/c1-10-6-7-14(9-15(10)21)27-11(2)16(24-26-27)17-22-19(29-25-17)23-18(28)12-4-3-5-13(20)8-12/h3-9H,1-2H3,(H,22,23,25,28). The molecular formula is C19H14ClFN6OS. The van der Waals surface area contributed by atoms with Crippen LogP contribution in [0.5, 0.6) is 0 Å². The van der Waals surface area contributed by atoms with E-state index in [1.807, 2.05) is 0 Å². The number of anilines is 1. The molecule has 0 fully saturated rings. The summed E-state index contributed by atoms with van der Waals surface area (Å²) in [6.45, 7) is 3.48. The van der Waals surface area contributed by atoms with E-state index < -0.39 is 0 Å². The van der Waals surface area contributed by atoms with Gasteiger partial charge < -0.3 is 0 Å². The Morgan fingerprint density at radius 2 is 2.03 bits per heavy atom. The fourth-order valence-corrected chi connectivity index (χ4v) is 3.42. The molecule has 2 aromatic heterocycles. The Labute approximate surface area is 174 Å². The van der Waals surface area contributed by atoms with Gasteiger partial charge >= 0.3 is 0 Å². The molecule has 146 valence electrons. The van der Waals surface area contributed by atoms with Crippen molar-refractivity contribution in [2.45, 2.75) is 13.8 Å². The van der Waals surface area contributed by atoms with Crippen molar-refractivity contribution in [2.75, 3.05) is 5.32 Å². The molecule has 0 spiro atoms. The fourth-order valence-electron chi connectivity index (χ4n) is 2.66. The molecule has 1 N–H and O–H groups in total. The highest BCUT2D eigenvalue weighted by Gasteiger charge is 2.18. The quantitative estimate of drug-likeness (QED) is 0.519. The minimum absolute atomic E-state index is 0.320. The summed E-state index contributed by atoms with van der Waals surface area (Å²) in [6, 6.07) is 11.4. The van der Waals surface area contributed by atoms with Crippen LogP contribution in [0.3, 0.4) is 0 Å². The average molecular weight is 429 g/mol. The molecule has 0 atom stereocenters. The molecule has 0 unspecified atom stereocenters. The lowest BCUT2D eigenvalue weighted by atomic mass is 10.2. The molecule has 2 heterocycles. The van der Waals surface area contributed by atoms with Gasteiger partial charge in [0.2, 0.25) is 5.13 Å². The van der Waals surface area contributed by atoms with Crippen LogP contribution in [0.4, 0.5) is 9.52 Å². The molecular weight excluding hydrogens is 415 g/mol. The number of halogens is 2. The van der Waals surface area contributed by atoms with Gasteiger partial charge in [0.1, 0.15) is 5.82 Å². The van der Waals surface area contributed by atoms with E-state index in [1.165, 1.54) is 10.7 Å². The Morgan fingerprint density at radius 1 is 1.21 bits per heavy atom. The first-order chi connectivity index (χ1) is 13.9. The normalized spacial score (nSPS) is 10.9. The van der Waals surface area contributed by atoms with E-state index in [0.717, 1.165) is 11.5 Å². The van der Waals surface area contributed by atoms with Gasteiger partial charge in [-0.05, 0) is 49.7 Å². The van der Waals surface area contributed by atoms with E-state index in [2.05, 4.69) is 25.0 Å². The molecule has 4 rings (SSSR count). The summed E-state index contributed by atoms with van der Waals surface area (Å²) in [4.78, 5) is 16.6. The number of hydrogen-bond acceptors (Lipinski definition) is 6. The molecule has 4 aromatic rings. The molecule has 29 heavy (non-hydrogen) atoms. The largest absolute Gasteiger partial charge is 0.297 e. The van der Waals surface area contributed by atoms with Gasteiger partial charge in [-0.2, -0.15) is 9.36 Å². The van der Waals surface area contributed by atoms with Crippen LogP contribution >= 0.6 is 23.1 Å². The molecule has 10 heteroatoms. The summed E-state index contributed by atoms with van der Waals surface area (Å²) >= 11 is 6.95. The third-order valence-corrected chi connectivity index (χ3v) is 5.11. The van der Waals surface area contributed by atoms with Gasteiger partial charge in [0.15, 0.2) is 11.5 Å². The summed E-state index contributed by atoms with van der Waals surface area (Å²) in [5, 5.41) is 11.7. The Hall–Kier alpha value is -3.17. The van der Waals surface area contributed by atoms with E-state index in [0.29, 0.717) is 44.2 Å². The molecule has 0 radical (unpaired) electrons. The summed E-state index contributed by atoms with van der Waals surface area (Å²) in [5.74, 6) is -0.338. The smallest absolute Gasteiger partial charge is 0.257 e. The third kappa shape index (κ3) is 3.87. The van der Waals surface area contributed by atoms with Crippen molar-refractivity contribution in [3.05, 3.63) is 70.1 Å². The number of nitrogens with one attached hydrogen (secondary N) is 1. The van der Waals surface area contributed by atoms with Crippen LogP contribution in [0.2, 0.25) is 5.02 Å². The van der Waals surface area contributed by atoms with Gasteiger partial charge in [-0.3, -0.25) is 10.1 Å². The third-order valence-electron chi connectivity index (χ3n) is 4.24. The average Bonchev–Trinajstić information content (AvgIpc) is 3.30. The highest BCUT2D eigenvalue weighted by atomic mass is 35.5. The first kappa shape index (κ1) is 19.2. The van der Waals surface area contributed by atoms with Gasteiger partial charge in [0.25, 0.3) is 5.91 Å². The van der Waals surface area contributed by atoms with E-state index in [-0.39, 0.29) is 11.7 Å². The molecule has 0 saturated heterocycles. The number of benzene rings is 2. The number of aryl methyl sites for hydroxylation is 1. The van der Waals surface area contributed by atoms with Crippen molar-refractivity contribution in [3.8, 4) is 17.2 Å². The highest BCUT2D eigenvalue weighted by molar-refractivity contribution is 7.10. The van der Waals surface area contributed by atoms with Gasteiger partial charge in [-0.25, -0.2) is 9.07 Å². The molecule has 0 bridgehead atoms. The summed E-state index contributed by atoms with van der Waals surface area (Å²) in [7, 11) is 0. The lowest BCUT2D eigenvalue weighted by molar-refractivity contribution is 0.102. The van der Waals surface area contributed by atoms with Gasteiger partial charge in [-0.1, -0.05) is 28.9 Å². The number of aromatic nitrogens is 5. The number of nitrogens with zero attached hydrogens (tertiary/aromatic N) is 5. The summed E-state index contributed by atoms with van der Waals surface area (Å²) in [5.41, 5.74) is 2.61. The van der Waals surface area contributed by atoms with E-state index in [1.54, 1.807) is 50.2 Å². The van der Waals surface area contributed by atoms with Crippen LogP contribution < -0.4 is 5.32 Å². The maximum absolute atomic E-state index is 13.9. The predicted octanol–water partition coefficient (Wildman–Crippen LogP) is 4.45. The Morgan fingerprint density at radius 3 is 2.79 bits per heavy atom. The second kappa shape index (κ2) is 7.69. The van der Waals surface area contributed by atoms with Gasteiger partial charge in [0.05, 0.1) is 11.4 Å². The van der Waals surface area contributed by atoms with Crippen molar-refractivity contribution < 1.29 is 9.18 Å². The highest BCUT2D eigenvalue weighted by Crippen LogP contribution is 2.24. The monoisotopic (exact) mass is 428 g/mol. The van der Waals surface area contributed by atoms with Crippen LogP contribution in [-0.4, -0.2) is 30.3 Å². The van der Waals surface area contributed by atoms with Crippen molar-refractivity contribution in [2.24, 2.45) is 0 Å². The number of carbonyl (C=O) groups is 1. The topological polar surface area (TPSA) is 85.6 Å². The van der Waals surface area contributed by atoms with E-state index >= 15 is 0 Å². The van der Waals surface area contributed by atoms with E-state index in [4.69, 9.17) is 11.6 Å². The second-order valence-electron chi connectivity index (χ2n) is 6.26. The number of rotatable bonds is 4. The van der Waals surface area contributed by atoms with Crippen LogP contribution in [0.15, 0.2) is 42.5 Å². The maximum Gasteiger partial charge on any atom is 0.257 e. The SMILES string of the molecule is Cc1ccc(-n2nnc(-c3nsc(NC(=O)c4cccc(Cl)c4)n3)c2C)cc1F. The number of amides is 1. The van der Waals surface area contributed by atoms with Crippen molar-refractivity contribution >= 4 is 34.2 Å². The molecule has 0 aliphatic carbocycles. The first-order valence-electron chi connectivity index (χ1n) is 8.52. The van der Waals surface area contributed by atoms with Crippen LogP contribution in [-0.2, 0) is 0 Å². The molecule has 0 aliphatic rings. The van der Waals surface area contributed by atoms with Crippen molar-refractivity contribution in [1.29, 1.82) is 0 Å². The number of hydrogen-bond donors (Lipinski definition) is 1. The second-order valence-corrected chi connectivity index (χ2v) is 7.44. The minimum Gasteiger partial charge on any atom is -0.297 e. The Kier molecular flexibility index (Phi) is 5.08. The zero-order chi connectivity index (χ0) is 20.5.